The van der Waals surface area contributed by atoms with Crippen LogP contribution < -0.4 is 10.6 Å². The number of rotatable bonds is 5. The van der Waals surface area contributed by atoms with Gasteiger partial charge in [0.2, 0.25) is 0 Å². The minimum atomic E-state index is 0.723. The van der Waals surface area contributed by atoms with E-state index in [-0.39, 0.29) is 0 Å². The Morgan fingerprint density at radius 2 is 2.11 bits per heavy atom. The smallest absolute Gasteiger partial charge is 0.131 e. The molecule has 1 aliphatic heterocycles. The predicted molar refractivity (Wildman–Crippen MR) is 74.9 cm³/mol. The summed E-state index contributed by atoms with van der Waals surface area (Å²) in [6.07, 6.45) is 4.21. The topological polar surface area (TPSA) is 53.1 Å². The molecule has 1 aromatic rings. The predicted octanol–water partition coefficient (Wildman–Crippen LogP) is 1.66. The number of hydrogen-bond donors (Lipinski definition) is 2. The first-order chi connectivity index (χ1) is 8.78. The Morgan fingerprint density at radius 1 is 1.33 bits per heavy atom. The van der Waals surface area contributed by atoms with Crippen molar-refractivity contribution in [1.29, 1.82) is 0 Å². The highest BCUT2D eigenvalue weighted by atomic mass is 15.1. The van der Waals surface area contributed by atoms with Gasteiger partial charge in [0, 0.05) is 25.7 Å². The fourth-order valence-corrected chi connectivity index (χ4v) is 2.42. The van der Waals surface area contributed by atoms with E-state index in [1.807, 2.05) is 6.07 Å². The molecule has 0 radical (unpaired) electrons. The first kappa shape index (κ1) is 13.1. The van der Waals surface area contributed by atoms with E-state index in [1.54, 1.807) is 6.33 Å². The molecule has 1 saturated heterocycles. The van der Waals surface area contributed by atoms with Gasteiger partial charge in [-0.15, -0.1) is 0 Å². The summed E-state index contributed by atoms with van der Waals surface area (Å²) < 4.78 is 0. The zero-order valence-electron chi connectivity index (χ0n) is 11.3. The lowest BCUT2D eigenvalue weighted by atomic mass is 9.98. The second-order valence-corrected chi connectivity index (χ2v) is 4.97. The van der Waals surface area contributed by atoms with Crippen LogP contribution in [0.5, 0.6) is 0 Å². The molecule has 0 bridgehead atoms. The second kappa shape index (κ2) is 6.54. The van der Waals surface area contributed by atoms with Crippen LogP contribution in [0.2, 0.25) is 0 Å². The monoisotopic (exact) mass is 249 g/mol. The molecule has 1 aromatic heterocycles. The molecule has 0 aliphatic carbocycles. The molecule has 5 heteroatoms. The van der Waals surface area contributed by atoms with Crippen LogP contribution in [0.25, 0.3) is 0 Å². The van der Waals surface area contributed by atoms with Crippen molar-refractivity contribution in [1.82, 2.24) is 14.9 Å². The Bertz CT molecular complexity index is 368. The van der Waals surface area contributed by atoms with Crippen LogP contribution in [0.15, 0.2) is 12.4 Å². The van der Waals surface area contributed by atoms with Crippen LogP contribution in [0.1, 0.15) is 19.8 Å². The van der Waals surface area contributed by atoms with Crippen LogP contribution in [-0.2, 0) is 0 Å². The van der Waals surface area contributed by atoms with Crippen LogP contribution in [0, 0.1) is 5.92 Å². The van der Waals surface area contributed by atoms with Gasteiger partial charge in [-0.25, -0.2) is 9.97 Å². The molecule has 2 N–H and O–H groups in total. The molecule has 2 rings (SSSR count). The number of likely N-dealkylation sites (tertiary alicyclic amines) is 1. The van der Waals surface area contributed by atoms with Gasteiger partial charge in [-0.05, 0) is 39.3 Å². The normalized spacial score (nSPS) is 20.7. The Hall–Kier alpha value is -1.36. The summed E-state index contributed by atoms with van der Waals surface area (Å²) in [5, 5.41) is 6.61. The molecule has 0 aromatic carbocycles. The van der Waals surface area contributed by atoms with Gasteiger partial charge < -0.3 is 15.5 Å². The Labute approximate surface area is 109 Å². The fourth-order valence-electron chi connectivity index (χ4n) is 2.42. The summed E-state index contributed by atoms with van der Waals surface area (Å²) in [7, 11) is 2.19. The van der Waals surface area contributed by atoms with Gasteiger partial charge in [-0.1, -0.05) is 0 Å². The SMILES string of the molecule is CCNc1cc(NCC2CCCN(C)C2)ncn1. The van der Waals surface area contributed by atoms with Gasteiger partial charge in [-0.3, -0.25) is 0 Å². The molecule has 1 unspecified atom stereocenters. The van der Waals surface area contributed by atoms with E-state index in [4.69, 9.17) is 0 Å². The highest BCUT2D eigenvalue weighted by molar-refractivity contribution is 5.46. The maximum absolute atomic E-state index is 4.25. The molecule has 0 amide bonds. The van der Waals surface area contributed by atoms with E-state index >= 15 is 0 Å². The Balaban J connectivity index is 1.83. The largest absolute Gasteiger partial charge is 0.370 e. The molecule has 2 heterocycles. The minimum Gasteiger partial charge on any atom is -0.370 e. The Kier molecular flexibility index (Phi) is 4.75. The summed E-state index contributed by atoms with van der Waals surface area (Å²) in [6, 6.07) is 1.97. The molecular formula is C13H23N5. The van der Waals surface area contributed by atoms with Gasteiger partial charge in [0.15, 0.2) is 0 Å². The molecule has 18 heavy (non-hydrogen) atoms. The van der Waals surface area contributed by atoms with Crippen molar-refractivity contribution in [3.8, 4) is 0 Å². The highest BCUT2D eigenvalue weighted by Crippen LogP contribution is 2.16. The number of nitrogens with one attached hydrogen (secondary N) is 2. The molecule has 100 valence electrons. The molecule has 1 aliphatic rings. The summed E-state index contributed by atoms with van der Waals surface area (Å²) in [6.45, 7) is 6.34. The number of piperidine rings is 1. The molecule has 1 atom stereocenters. The number of anilines is 2. The molecule has 0 saturated carbocycles. The minimum absolute atomic E-state index is 0.723. The van der Waals surface area contributed by atoms with Crippen LogP contribution in [0.3, 0.4) is 0 Å². The van der Waals surface area contributed by atoms with Crippen molar-refractivity contribution in [2.75, 3.05) is 43.9 Å². The van der Waals surface area contributed by atoms with Crippen molar-refractivity contribution >= 4 is 11.6 Å². The lowest BCUT2D eigenvalue weighted by Crippen LogP contribution is -2.35. The first-order valence-electron chi connectivity index (χ1n) is 6.76. The summed E-state index contributed by atoms with van der Waals surface area (Å²) in [4.78, 5) is 10.8. The van der Waals surface area contributed by atoms with Gasteiger partial charge >= 0.3 is 0 Å². The second-order valence-electron chi connectivity index (χ2n) is 4.97. The maximum atomic E-state index is 4.25. The number of nitrogens with zero attached hydrogens (tertiary/aromatic N) is 3. The quantitative estimate of drug-likeness (QED) is 0.831. The van der Waals surface area contributed by atoms with Crippen molar-refractivity contribution in [2.45, 2.75) is 19.8 Å². The van der Waals surface area contributed by atoms with Gasteiger partial charge in [0.05, 0.1) is 0 Å². The average molecular weight is 249 g/mol. The summed E-state index contributed by atoms with van der Waals surface area (Å²) >= 11 is 0. The third kappa shape index (κ3) is 3.84. The van der Waals surface area contributed by atoms with Crippen molar-refractivity contribution in [3.05, 3.63) is 12.4 Å². The first-order valence-corrected chi connectivity index (χ1v) is 6.76. The third-order valence-corrected chi connectivity index (χ3v) is 3.32. The van der Waals surface area contributed by atoms with Crippen LogP contribution in [-0.4, -0.2) is 48.1 Å². The van der Waals surface area contributed by atoms with Gasteiger partial charge in [0.1, 0.15) is 18.0 Å². The van der Waals surface area contributed by atoms with Crippen molar-refractivity contribution < 1.29 is 0 Å². The summed E-state index contributed by atoms with van der Waals surface area (Å²) in [5.74, 6) is 2.52. The van der Waals surface area contributed by atoms with E-state index < -0.39 is 0 Å². The lowest BCUT2D eigenvalue weighted by molar-refractivity contribution is 0.217. The van der Waals surface area contributed by atoms with Gasteiger partial charge in [-0.2, -0.15) is 0 Å². The molecule has 1 fully saturated rings. The third-order valence-electron chi connectivity index (χ3n) is 3.32. The van der Waals surface area contributed by atoms with Crippen molar-refractivity contribution in [2.24, 2.45) is 5.92 Å². The van der Waals surface area contributed by atoms with Crippen LogP contribution in [0.4, 0.5) is 11.6 Å². The molecular weight excluding hydrogens is 226 g/mol. The van der Waals surface area contributed by atoms with E-state index in [0.717, 1.165) is 30.6 Å². The van der Waals surface area contributed by atoms with E-state index in [0.29, 0.717) is 0 Å². The van der Waals surface area contributed by atoms with E-state index in [9.17, 15) is 0 Å². The number of aromatic nitrogens is 2. The number of hydrogen-bond acceptors (Lipinski definition) is 5. The highest BCUT2D eigenvalue weighted by Gasteiger charge is 2.16. The summed E-state index contributed by atoms with van der Waals surface area (Å²) in [5.41, 5.74) is 0. The van der Waals surface area contributed by atoms with Crippen molar-refractivity contribution in [3.63, 3.8) is 0 Å². The van der Waals surface area contributed by atoms with Crippen LogP contribution >= 0.6 is 0 Å². The zero-order chi connectivity index (χ0) is 12.8. The molecule has 0 spiro atoms. The molecule has 5 nitrogen and oxygen atoms in total. The Morgan fingerprint density at radius 3 is 2.83 bits per heavy atom. The maximum Gasteiger partial charge on any atom is 0.131 e. The zero-order valence-corrected chi connectivity index (χ0v) is 11.3. The average Bonchev–Trinajstić information content (AvgIpc) is 2.37. The fraction of sp³-hybridized carbons (Fsp3) is 0.692. The standard InChI is InChI=1S/C13H23N5/c1-3-14-12-7-13(17-10-16-12)15-8-11-5-4-6-18(2)9-11/h7,10-11H,3-6,8-9H2,1-2H3,(H2,14,15,16,17). The lowest BCUT2D eigenvalue weighted by Gasteiger charge is -2.29. The van der Waals surface area contributed by atoms with E-state index in [2.05, 4.69) is 39.5 Å². The van der Waals surface area contributed by atoms with Gasteiger partial charge in [0.25, 0.3) is 0 Å². The van der Waals surface area contributed by atoms with E-state index in [1.165, 1.54) is 25.9 Å².